The van der Waals surface area contributed by atoms with Gasteiger partial charge in [-0.25, -0.2) is 0 Å². The summed E-state index contributed by atoms with van der Waals surface area (Å²) in [7, 11) is 0. The molecule has 1 saturated heterocycles. The normalized spacial score (nSPS) is 18.2. The first-order chi connectivity index (χ1) is 10.2. The summed E-state index contributed by atoms with van der Waals surface area (Å²) in [5.74, 6) is -0.210. The summed E-state index contributed by atoms with van der Waals surface area (Å²) in [6, 6.07) is -0.799. The van der Waals surface area contributed by atoms with Crippen LogP contribution in [0.1, 0.15) is 50.0 Å². The van der Waals surface area contributed by atoms with Gasteiger partial charge in [0.2, 0.25) is 5.91 Å². The van der Waals surface area contributed by atoms with Gasteiger partial charge >= 0.3 is 6.18 Å². The number of hydrogen-bond donors (Lipinski definition) is 0. The van der Waals surface area contributed by atoms with Crippen molar-refractivity contribution in [1.29, 1.82) is 0 Å². The van der Waals surface area contributed by atoms with Crippen LogP contribution in [0.2, 0.25) is 5.02 Å². The van der Waals surface area contributed by atoms with Crippen LogP contribution in [0.3, 0.4) is 0 Å². The standard InChI is InChI=1S/C14H19ClF3N3O/c1-9-11(15)12(14(16,17)18)19-21(9)10(2)13(22)20-7-5-3-4-6-8-20/h10H,3-8H2,1-2H3/t10-/m1/s1. The fourth-order valence-corrected chi connectivity index (χ4v) is 2.95. The second-order valence-electron chi connectivity index (χ2n) is 5.61. The van der Waals surface area contributed by atoms with E-state index in [1.54, 1.807) is 11.8 Å². The number of amides is 1. The fourth-order valence-electron chi connectivity index (χ4n) is 2.72. The first-order valence-electron chi connectivity index (χ1n) is 7.34. The highest BCUT2D eigenvalue weighted by molar-refractivity contribution is 6.32. The molecule has 0 aliphatic carbocycles. The summed E-state index contributed by atoms with van der Waals surface area (Å²) in [6.07, 6.45) is -0.638. The van der Waals surface area contributed by atoms with Gasteiger partial charge < -0.3 is 4.90 Å². The molecule has 1 aliphatic heterocycles. The van der Waals surface area contributed by atoms with Crippen molar-refractivity contribution in [2.75, 3.05) is 13.1 Å². The van der Waals surface area contributed by atoms with Gasteiger partial charge in [0.25, 0.3) is 0 Å². The summed E-state index contributed by atoms with van der Waals surface area (Å²) in [5, 5.41) is 3.09. The van der Waals surface area contributed by atoms with Crippen LogP contribution in [0.4, 0.5) is 13.2 Å². The maximum Gasteiger partial charge on any atom is 0.436 e. The quantitative estimate of drug-likeness (QED) is 0.822. The van der Waals surface area contributed by atoms with E-state index < -0.39 is 22.9 Å². The van der Waals surface area contributed by atoms with Crippen LogP contribution in [0.25, 0.3) is 0 Å². The monoisotopic (exact) mass is 337 g/mol. The number of nitrogens with zero attached hydrogens (tertiary/aromatic N) is 3. The molecule has 0 spiro atoms. The van der Waals surface area contributed by atoms with Gasteiger partial charge in [0, 0.05) is 13.1 Å². The molecule has 0 aromatic carbocycles. The van der Waals surface area contributed by atoms with Crippen molar-refractivity contribution in [2.24, 2.45) is 0 Å². The van der Waals surface area contributed by atoms with Crippen molar-refractivity contribution in [1.82, 2.24) is 14.7 Å². The number of hydrogen-bond acceptors (Lipinski definition) is 2. The average Bonchev–Trinajstić information content (AvgIpc) is 2.66. The van der Waals surface area contributed by atoms with Crippen molar-refractivity contribution in [3.8, 4) is 0 Å². The van der Waals surface area contributed by atoms with E-state index in [4.69, 9.17) is 11.6 Å². The molecule has 1 aromatic rings. The number of alkyl halides is 3. The number of halogens is 4. The Labute approximate surface area is 132 Å². The lowest BCUT2D eigenvalue weighted by Gasteiger charge is -2.24. The number of carbonyl (C=O) groups excluding carboxylic acids is 1. The second kappa shape index (κ2) is 6.48. The molecule has 0 saturated carbocycles. The summed E-state index contributed by atoms with van der Waals surface area (Å²) in [6.45, 7) is 4.28. The van der Waals surface area contributed by atoms with E-state index in [-0.39, 0.29) is 11.6 Å². The number of rotatable bonds is 2. The Hall–Kier alpha value is -1.24. The average molecular weight is 338 g/mol. The van der Waals surface area contributed by atoms with Gasteiger partial charge in [-0.1, -0.05) is 24.4 Å². The zero-order valence-corrected chi connectivity index (χ0v) is 13.3. The van der Waals surface area contributed by atoms with Crippen LogP contribution in [0, 0.1) is 6.92 Å². The Morgan fingerprint density at radius 2 is 1.77 bits per heavy atom. The van der Waals surface area contributed by atoms with Gasteiger partial charge in [-0.2, -0.15) is 18.3 Å². The molecule has 0 N–H and O–H groups in total. The molecule has 1 atom stereocenters. The lowest BCUT2D eigenvalue weighted by atomic mass is 10.2. The van der Waals surface area contributed by atoms with Gasteiger partial charge in [-0.15, -0.1) is 0 Å². The third-order valence-electron chi connectivity index (χ3n) is 3.99. The number of aromatic nitrogens is 2. The zero-order valence-electron chi connectivity index (χ0n) is 12.6. The number of carbonyl (C=O) groups is 1. The Bertz CT molecular complexity index is 548. The lowest BCUT2D eigenvalue weighted by molar-refractivity contribution is -0.142. The van der Waals surface area contributed by atoms with Crippen LogP contribution < -0.4 is 0 Å². The Morgan fingerprint density at radius 3 is 2.23 bits per heavy atom. The molecular formula is C14H19ClF3N3O. The van der Waals surface area contributed by atoms with Crippen molar-refractivity contribution < 1.29 is 18.0 Å². The summed E-state index contributed by atoms with van der Waals surface area (Å²) < 4.78 is 39.7. The van der Waals surface area contributed by atoms with Crippen LogP contribution in [-0.2, 0) is 11.0 Å². The minimum absolute atomic E-state index is 0.157. The van der Waals surface area contributed by atoms with Gasteiger partial charge in [0.15, 0.2) is 5.69 Å². The first-order valence-corrected chi connectivity index (χ1v) is 7.72. The fraction of sp³-hybridized carbons (Fsp3) is 0.714. The highest BCUT2D eigenvalue weighted by Crippen LogP contribution is 2.36. The van der Waals surface area contributed by atoms with E-state index >= 15 is 0 Å². The van der Waals surface area contributed by atoms with E-state index in [1.165, 1.54) is 6.92 Å². The van der Waals surface area contributed by atoms with Crippen molar-refractivity contribution in [2.45, 2.75) is 51.7 Å². The van der Waals surface area contributed by atoms with Gasteiger partial charge in [0.1, 0.15) is 6.04 Å². The van der Waals surface area contributed by atoms with Crippen LogP contribution >= 0.6 is 11.6 Å². The first kappa shape index (κ1) is 17.1. The third-order valence-corrected chi connectivity index (χ3v) is 4.44. The van der Waals surface area contributed by atoms with Gasteiger partial charge in [-0.3, -0.25) is 9.48 Å². The van der Waals surface area contributed by atoms with Gasteiger partial charge in [0.05, 0.1) is 10.7 Å². The van der Waals surface area contributed by atoms with E-state index in [1.807, 2.05) is 0 Å². The molecular weight excluding hydrogens is 319 g/mol. The minimum atomic E-state index is -4.63. The molecule has 1 amide bonds. The van der Waals surface area contributed by atoms with Crippen molar-refractivity contribution in [3.63, 3.8) is 0 Å². The molecule has 0 bridgehead atoms. The van der Waals surface area contributed by atoms with E-state index in [0.717, 1.165) is 30.4 Å². The highest BCUT2D eigenvalue weighted by atomic mass is 35.5. The second-order valence-corrected chi connectivity index (χ2v) is 5.98. The molecule has 22 heavy (non-hydrogen) atoms. The topological polar surface area (TPSA) is 38.1 Å². The van der Waals surface area contributed by atoms with E-state index in [0.29, 0.717) is 13.1 Å². The Balaban J connectivity index is 2.25. The van der Waals surface area contributed by atoms with Crippen molar-refractivity contribution in [3.05, 3.63) is 16.4 Å². The molecule has 1 aliphatic rings. The van der Waals surface area contributed by atoms with E-state index in [2.05, 4.69) is 5.10 Å². The molecule has 4 nitrogen and oxygen atoms in total. The maximum atomic E-state index is 12.9. The molecule has 124 valence electrons. The Morgan fingerprint density at radius 1 is 1.23 bits per heavy atom. The maximum absolute atomic E-state index is 12.9. The zero-order chi connectivity index (χ0) is 16.5. The molecule has 1 fully saturated rings. The minimum Gasteiger partial charge on any atom is -0.341 e. The van der Waals surface area contributed by atoms with E-state index in [9.17, 15) is 18.0 Å². The largest absolute Gasteiger partial charge is 0.436 e. The summed E-state index contributed by atoms with van der Waals surface area (Å²) >= 11 is 5.73. The molecule has 1 aromatic heterocycles. The third kappa shape index (κ3) is 3.39. The molecule has 2 heterocycles. The summed E-state index contributed by atoms with van der Waals surface area (Å²) in [5.41, 5.74) is -0.980. The summed E-state index contributed by atoms with van der Waals surface area (Å²) in [4.78, 5) is 14.2. The van der Waals surface area contributed by atoms with Crippen LogP contribution in [0.15, 0.2) is 0 Å². The molecule has 2 rings (SSSR count). The number of likely N-dealkylation sites (tertiary alicyclic amines) is 1. The SMILES string of the molecule is Cc1c(Cl)c(C(F)(F)F)nn1[C@H](C)C(=O)N1CCCCCC1. The Kier molecular flexibility index (Phi) is 5.04. The van der Waals surface area contributed by atoms with Crippen LogP contribution in [-0.4, -0.2) is 33.7 Å². The van der Waals surface area contributed by atoms with Gasteiger partial charge in [-0.05, 0) is 26.7 Å². The molecule has 8 heteroatoms. The smallest absolute Gasteiger partial charge is 0.341 e. The lowest BCUT2D eigenvalue weighted by Crippen LogP contribution is -2.37. The van der Waals surface area contributed by atoms with Crippen molar-refractivity contribution >= 4 is 17.5 Å². The molecule has 0 unspecified atom stereocenters. The molecule has 0 radical (unpaired) electrons. The predicted octanol–water partition coefficient (Wildman–Crippen LogP) is 3.83. The van der Waals surface area contributed by atoms with Crippen LogP contribution in [0.5, 0.6) is 0 Å². The highest BCUT2D eigenvalue weighted by Gasteiger charge is 2.39. The predicted molar refractivity (Wildman–Crippen MR) is 76.7 cm³/mol.